The number of halogens is 2. The maximum Gasteiger partial charge on any atom is 0.0712 e. The molecule has 0 aromatic heterocycles. The Morgan fingerprint density at radius 2 is 1.95 bits per heavy atom. The molecule has 0 atom stereocenters. The Morgan fingerprint density at radius 1 is 1.26 bits per heavy atom. The number of nitrogens with zero attached hydrogens (tertiary/aromatic N) is 1. The molecule has 0 amide bonds. The van der Waals surface area contributed by atoms with Crippen LogP contribution in [0.4, 0.5) is 0 Å². The molecule has 0 aliphatic carbocycles. The Bertz CT molecular complexity index is 428. The molecule has 1 saturated heterocycles. The minimum Gasteiger partial charge on any atom is -0.389 e. The third kappa shape index (κ3) is 4.09. The first kappa shape index (κ1) is 15.1. The van der Waals surface area contributed by atoms with Crippen LogP contribution in [0.3, 0.4) is 0 Å². The van der Waals surface area contributed by atoms with Crippen molar-refractivity contribution in [2.24, 2.45) is 0 Å². The molecule has 2 nitrogen and oxygen atoms in total. The van der Waals surface area contributed by atoms with Gasteiger partial charge in [0.2, 0.25) is 0 Å². The van der Waals surface area contributed by atoms with Gasteiger partial charge in [0.15, 0.2) is 0 Å². The Balaban J connectivity index is 1.99. The van der Waals surface area contributed by atoms with Gasteiger partial charge in [-0.05, 0) is 43.5 Å². The minimum atomic E-state index is -0.623. The third-order valence-corrected chi connectivity index (χ3v) is 4.45. The summed E-state index contributed by atoms with van der Waals surface area (Å²) in [6.45, 7) is 5.25. The standard InChI is InChI=1S/C15H21Cl2NO/c1-2-7-18-8-5-15(19,6-9-18)11-12-3-4-13(16)10-14(12)17/h3-4,10,19H,2,5-9,11H2,1H3. The SMILES string of the molecule is CCCN1CCC(O)(Cc2ccc(Cl)cc2Cl)CC1. The van der Waals surface area contributed by atoms with E-state index < -0.39 is 5.60 Å². The fourth-order valence-corrected chi connectivity index (χ4v) is 3.18. The van der Waals surface area contributed by atoms with E-state index in [0.29, 0.717) is 16.5 Å². The van der Waals surface area contributed by atoms with E-state index in [0.717, 1.165) is 38.0 Å². The summed E-state index contributed by atoms with van der Waals surface area (Å²) in [5.41, 5.74) is 0.361. The van der Waals surface area contributed by atoms with Crippen molar-refractivity contribution < 1.29 is 5.11 Å². The van der Waals surface area contributed by atoms with Crippen molar-refractivity contribution >= 4 is 23.2 Å². The molecule has 0 unspecified atom stereocenters. The lowest BCUT2D eigenvalue weighted by Gasteiger charge is -2.38. The number of hydrogen-bond acceptors (Lipinski definition) is 2. The molecule has 0 radical (unpaired) electrons. The zero-order chi connectivity index (χ0) is 13.9. The van der Waals surface area contributed by atoms with Gasteiger partial charge in [-0.25, -0.2) is 0 Å². The Labute approximate surface area is 125 Å². The number of piperidine rings is 1. The molecule has 106 valence electrons. The maximum absolute atomic E-state index is 10.7. The van der Waals surface area contributed by atoms with Gasteiger partial charge in [-0.3, -0.25) is 0 Å². The van der Waals surface area contributed by atoms with Crippen LogP contribution in [0, 0.1) is 0 Å². The van der Waals surface area contributed by atoms with Gasteiger partial charge >= 0.3 is 0 Å². The normalized spacial score (nSPS) is 19.6. The van der Waals surface area contributed by atoms with E-state index in [1.54, 1.807) is 6.07 Å². The number of benzene rings is 1. The molecule has 2 rings (SSSR count). The molecule has 0 saturated carbocycles. The molecule has 19 heavy (non-hydrogen) atoms. The predicted molar refractivity (Wildman–Crippen MR) is 81.1 cm³/mol. The van der Waals surface area contributed by atoms with Crippen molar-refractivity contribution in [3.63, 3.8) is 0 Å². The van der Waals surface area contributed by atoms with Gasteiger partial charge in [0.05, 0.1) is 5.60 Å². The van der Waals surface area contributed by atoms with Gasteiger partial charge in [-0.2, -0.15) is 0 Å². The summed E-state index contributed by atoms with van der Waals surface area (Å²) >= 11 is 12.1. The summed E-state index contributed by atoms with van der Waals surface area (Å²) in [5, 5.41) is 12.0. The van der Waals surface area contributed by atoms with Crippen LogP contribution in [0.15, 0.2) is 18.2 Å². The predicted octanol–water partition coefficient (Wildman–Crippen LogP) is 3.77. The lowest BCUT2D eigenvalue weighted by atomic mass is 9.85. The van der Waals surface area contributed by atoms with Gasteiger partial charge in [-0.1, -0.05) is 36.2 Å². The van der Waals surface area contributed by atoms with E-state index >= 15 is 0 Å². The highest BCUT2D eigenvalue weighted by Crippen LogP contribution is 2.30. The minimum absolute atomic E-state index is 0.614. The molecule has 1 aromatic rings. The topological polar surface area (TPSA) is 23.5 Å². The van der Waals surface area contributed by atoms with Crippen molar-refractivity contribution in [1.82, 2.24) is 4.90 Å². The summed E-state index contributed by atoms with van der Waals surface area (Å²) < 4.78 is 0. The summed E-state index contributed by atoms with van der Waals surface area (Å²) in [7, 11) is 0. The average Bonchev–Trinajstić information content (AvgIpc) is 2.36. The van der Waals surface area contributed by atoms with Crippen LogP contribution < -0.4 is 0 Å². The maximum atomic E-state index is 10.7. The molecule has 1 aromatic carbocycles. The second-order valence-corrected chi connectivity index (χ2v) is 6.32. The smallest absolute Gasteiger partial charge is 0.0712 e. The monoisotopic (exact) mass is 301 g/mol. The molecular formula is C15H21Cl2NO. The summed E-state index contributed by atoms with van der Waals surface area (Å²) in [4.78, 5) is 2.41. The van der Waals surface area contributed by atoms with E-state index in [1.807, 2.05) is 12.1 Å². The van der Waals surface area contributed by atoms with Crippen LogP contribution in [-0.4, -0.2) is 35.2 Å². The van der Waals surface area contributed by atoms with Crippen LogP contribution in [0.25, 0.3) is 0 Å². The molecule has 1 aliphatic heterocycles. The van der Waals surface area contributed by atoms with E-state index in [1.165, 1.54) is 6.42 Å². The second kappa shape index (κ2) is 6.45. The van der Waals surface area contributed by atoms with Crippen molar-refractivity contribution in [1.29, 1.82) is 0 Å². The van der Waals surface area contributed by atoms with Crippen LogP contribution in [0.5, 0.6) is 0 Å². The Kier molecular flexibility index (Phi) is 5.13. The van der Waals surface area contributed by atoms with Gasteiger partial charge in [0.25, 0.3) is 0 Å². The molecular weight excluding hydrogens is 281 g/mol. The van der Waals surface area contributed by atoms with Crippen LogP contribution in [-0.2, 0) is 6.42 Å². The first-order chi connectivity index (χ1) is 9.02. The zero-order valence-electron chi connectivity index (χ0n) is 11.3. The molecule has 0 bridgehead atoms. The third-order valence-electron chi connectivity index (χ3n) is 3.86. The quantitative estimate of drug-likeness (QED) is 0.915. The van der Waals surface area contributed by atoms with Crippen molar-refractivity contribution in [2.45, 2.75) is 38.2 Å². The number of likely N-dealkylation sites (tertiary alicyclic amines) is 1. The number of hydrogen-bond donors (Lipinski definition) is 1. The number of rotatable bonds is 4. The average molecular weight is 302 g/mol. The van der Waals surface area contributed by atoms with Gasteiger partial charge in [0, 0.05) is 29.6 Å². The highest BCUT2D eigenvalue weighted by molar-refractivity contribution is 6.35. The number of aliphatic hydroxyl groups is 1. The molecule has 0 spiro atoms. The highest BCUT2D eigenvalue weighted by atomic mass is 35.5. The van der Waals surface area contributed by atoms with Gasteiger partial charge < -0.3 is 10.0 Å². The molecule has 1 fully saturated rings. The van der Waals surface area contributed by atoms with Gasteiger partial charge in [0.1, 0.15) is 0 Å². The fourth-order valence-electron chi connectivity index (χ4n) is 2.71. The summed E-state index contributed by atoms with van der Waals surface area (Å²) in [6.07, 6.45) is 3.41. The van der Waals surface area contributed by atoms with E-state index in [-0.39, 0.29) is 0 Å². The largest absolute Gasteiger partial charge is 0.389 e. The van der Waals surface area contributed by atoms with Crippen molar-refractivity contribution in [3.8, 4) is 0 Å². The second-order valence-electron chi connectivity index (χ2n) is 5.48. The first-order valence-electron chi connectivity index (χ1n) is 6.91. The van der Waals surface area contributed by atoms with E-state index in [9.17, 15) is 5.11 Å². The summed E-state index contributed by atoms with van der Waals surface area (Å²) in [5.74, 6) is 0. The van der Waals surface area contributed by atoms with Crippen LogP contribution in [0.2, 0.25) is 10.0 Å². The highest BCUT2D eigenvalue weighted by Gasteiger charge is 2.32. The molecule has 1 N–H and O–H groups in total. The van der Waals surface area contributed by atoms with E-state index in [4.69, 9.17) is 23.2 Å². The van der Waals surface area contributed by atoms with Crippen LogP contribution >= 0.6 is 23.2 Å². The summed E-state index contributed by atoms with van der Waals surface area (Å²) in [6, 6.07) is 5.49. The van der Waals surface area contributed by atoms with Gasteiger partial charge in [-0.15, -0.1) is 0 Å². The van der Waals surface area contributed by atoms with Crippen molar-refractivity contribution in [2.75, 3.05) is 19.6 Å². The van der Waals surface area contributed by atoms with Crippen molar-refractivity contribution in [3.05, 3.63) is 33.8 Å². The fraction of sp³-hybridized carbons (Fsp3) is 0.600. The van der Waals surface area contributed by atoms with E-state index in [2.05, 4.69) is 11.8 Å². The Hall–Kier alpha value is -0.280. The Morgan fingerprint density at radius 3 is 2.53 bits per heavy atom. The van der Waals surface area contributed by atoms with Crippen LogP contribution in [0.1, 0.15) is 31.7 Å². The molecule has 1 heterocycles. The lowest BCUT2D eigenvalue weighted by molar-refractivity contribution is -0.0204. The zero-order valence-corrected chi connectivity index (χ0v) is 12.8. The molecule has 1 aliphatic rings. The first-order valence-corrected chi connectivity index (χ1v) is 7.67. The lowest BCUT2D eigenvalue weighted by Crippen LogP contribution is -2.45. The molecule has 4 heteroatoms.